The molecule has 98 valence electrons. The molecule has 19 heavy (non-hydrogen) atoms. The Morgan fingerprint density at radius 3 is 2.79 bits per heavy atom. The van der Waals surface area contributed by atoms with Crippen molar-refractivity contribution < 1.29 is 9.73 Å². The molecule has 0 fully saturated rings. The van der Waals surface area contributed by atoms with E-state index in [1.807, 2.05) is 25.1 Å². The maximum absolute atomic E-state index is 9.26. The molecule has 4 heteroatoms. The van der Waals surface area contributed by atoms with Crippen molar-refractivity contribution in [2.75, 3.05) is 0 Å². The average Bonchev–Trinajstić information content (AvgIpc) is 2.90. The maximum atomic E-state index is 9.26. The van der Waals surface area contributed by atoms with E-state index in [-0.39, 0.29) is 5.92 Å². The third kappa shape index (κ3) is 2.03. The van der Waals surface area contributed by atoms with E-state index in [1.165, 1.54) is 5.56 Å². The molecule has 1 heterocycles. The molecule has 1 atom stereocenters. The van der Waals surface area contributed by atoms with Crippen LogP contribution in [0.5, 0.6) is 0 Å². The van der Waals surface area contributed by atoms with Crippen molar-refractivity contribution in [3.8, 4) is 0 Å². The van der Waals surface area contributed by atoms with Gasteiger partial charge in [-0.3, -0.25) is 0 Å². The Balaban J connectivity index is 2.00. The van der Waals surface area contributed by atoms with Crippen molar-refractivity contribution in [2.45, 2.75) is 32.1 Å². The molecule has 2 aromatic rings. The van der Waals surface area contributed by atoms with Crippen LogP contribution in [0.1, 0.15) is 41.8 Å². The number of rotatable bonds is 2. The highest BCUT2D eigenvalue weighted by atomic mass is 16.5. The first-order chi connectivity index (χ1) is 9.33. The van der Waals surface area contributed by atoms with Crippen LogP contribution in [-0.4, -0.2) is 16.1 Å². The molecule has 0 radical (unpaired) electrons. The predicted molar refractivity (Wildman–Crippen MR) is 71.7 cm³/mol. The smallest absolute Gasteiger partial charge is 0.146 e. The average molecular weight is 256 g/mol. The fourth-order valence-corrected chi connectivity index (χ4v) is 2.75. The Labute approximate surface area is 111 Å². The second kappa shape index (κ2) is 4.88. The minimum atomic E-state index is 0.289. The summed E-state index contributed by atoms with van der Waals surface area (Å²) >= 11 is 0. The molecule has 0 unspecified atom stereocenters. The summed E-state index contributed by atoms with van der Waals surface area (Å²) in [6, 6.07) is 10.3. The van der Waals surface area contributed by atoms with Crippen molar-refractivity contribution in [1.82, 2.24) is 5.16 Å². The van der Waals surface area contributed by atoms with Gasteiger partial charge in [-0.1, -0.05) is 47.6 Å². The van der Waals surface area contributed by atoms with Crippen LogP contribution in [0.3, 0.4) is 0 Å². The first kappa shape index (κ1) is 12.0. The number of fused-ring (bicyclic) bond motifs is 1. The second-order valence-corrected chi connectivity index (χ2v) is 4.84. The number of hydrogen-bond donors (Lipinski definition) is 1. The van der Waals surface area contributed by atoms with Crippen molar-refractivity contribution in [3.05, 3.63) is 52.9 Å². The van der Waals surface area contributed by atoms with Crippen molar-refractivity contribution in [1.29, 1.82) is 0 Å². The van der Waals surface area contributed by atoms with E-state index in [0.717, 1.165) is 36.3 Å². The third-order valence-electron chi connectivity index (χ3n) is 3.72. The molecule has 1 aromatic carbocycles. The van der Waals surface area contributed by atoms with E-state index in [0.29, 0.717) is 5.71 Å². The molecule has 0 spiro atoms. The number of benzene rings is 1. The lowest BCUT2D eigenvalue weighted by atomic mass is 9.81. The Morgan fingerprint density at radius 2 is 2.11 bits per heavy atom. The molecule has 1 N–H and O–H groups in total. The normalized spacial score (nSPS) is 20.5. The highest BCUT2D eigenvalue weighted by molar-refractivity contribution is 6.03. The zero-order chi connectivity index (χ0) is 13.2. The molecule has 3 rings (SSSR count). The monoisotopic (exact) mass is 256 g/mol. The number of aromatic nitrogens is 1. The third-order valence-corrected chi connectivity index (χ3v) is 3.72. The fourth-order valence-electron chi connectivity index (χ4n) is 2.75. The van der Waals surface area contributed by atoms with Crippen LogP contribution in [0.2, 0.25) is 0 Å². The van der Waals surface area contributed by atoms with Gasteiger partial charge in [-0.2, -0.15) is 0 Å². The van der Waals surface area contributed by atoms with Gasteiger partial charge in [0, 0.05) is 12.8 Å². The highest BCUT2D eigenvalue weighted by Crippen LogP contribution is 2.34. The van der Waals surface area contributed by atoms with Crippen LogP contribution in [0.4, 0.5) is 0 Å². The Kier molecular flexibility index (Phi) is 3.07. The van der Waals surface area contributed by atoms with E-state index < -0.39 is 0 Å². The lowest BCUT2D eigenvalue weighted by Gasteiger charge is -2.22. The van der Waals surface area contributed by atoms with Gasteiger partial charge in [0.15, 0.2) is 0 Å². The van der Waals surface area contributed by atoms with E-state index in [1.54, 1.807) is 0 Å². The van der Waals surface area contributed by atoms with Crippen molar-refractivity contribution in [3.63, 3.8) is 0 Å². The standard InChI is InChI=1S/C15H16N2O2/c1-2-12-15-13(16-18)8-11(9-14(15)19-17-12)10-6-4-3-5-7-10/h3-7,11,18H,2,8-9H2,1H3/b16-13-/t11-/m0/s1. The minimum absolute atomic E-state index is 0.289. The number of aryl methyl sites for hydroxylation is 1. The van der Waals surface area contributed by atoms with Gasteiger partial charge in [-0.25, -0.2) is 0 Å². The van der Waals surface area contributed by atoms with Gasteiger partial charge in [0.2, 0.25) is 0 Å². The maximum Gasteiger partial charge on any atom is 0.146 e. The molecule has 1 aromatic heterocycles. The van der Waals surface area contributed by atoms with E-state index >= 15 is 0 Å². The van der Waals surface area contributed by atoms with E-state index in [9.17, 15) is 5.21 Å². The second-order valence-electron chi connectivity index (χ2n) is 4.84. The van der Waals surface area contributed by atoms with Crippen molar-refractivity contribution in [2.24, 2.45) is 5.16 Å². The number of hydrogen-bond acceptors (Lipinski definition) is 4. The molecule has 0 saturated carbocycles. The zero-order valence-corrected chi connectivity index (χ0v) is 10.8. The number of nitrogens with zero attached hydrogens (tertiary/aromatic N) is 2. The van der Waals surface area contributed by atoms with E-state index in [4.69, 9.17) is 4.52 Å². The van der Waals surface area contributed by atoms with Crippen LogP contribution in [0.15, 0.2) is 40.0 Å². The topological polar surface area (TPSA) is 58.6 Å². The van der Waals surface area contributed by atoms with Crippen LogP contribution in [0.25, 0.3) is 0 Å². The molecule has 1 aliphatic carbocycles. The summed E-state index contributed by atoms with van der Waals surface area (Å²) in [5, 5.41) is 16.8. The minimum Gasteiger partial charge on any atom is -0.411 e. The first-order valence-corrected chi connectivity index (χ1v) is 6.57. The molecule has 1 aliphatic rings. The SMILES string of the molecule is CCc1noc2c1/C(=N\O)C[C@H](c1ccccc1)C2. The molecule has 0 aliphatic heterocycles. The summed E-state index contributed by atoms with van der Waals surface area (Å²) in [4.78, 5) is 0. The van der Waals surface area contributed by atoms with E-state index in [2.05, 4.69) is 22.4 Å². The predicted octanol–water partition coefficient (Wildman–Crippen LogP) is 3.15. The van der Waals surface area contributed by atoms with Crippen molar-refractivity contribution >= 4 is 5.71 Å². The van der Waals surface area contributed by atoms with Gasteiger partial charge >= 0.3 is 0 Å². The summed E-state index contributed by atoms with van der Waals surface area (Å²) in [7, 11) is 0. The lowest BCUT2D eigenvalue weighted by Crippen LogP contribution is -2.19. The van der Waals surface area contributed by atoms with Gasteiger partial charge in [0.1, 0.15) is 5.76 Å². The van der Waals surface area contributed by atoms with Gasteiger partial charge in [0.25, 0.3) is 0 Å². The summed E-state index contributed by atoms with van der Waals surface area (Å²) in [5.41, 5.74) is 3.73. The van der Waals surface area contributed by atoms with Crippen LogP contribution < -0.4 is 0 Å². The van der Waals surface area contributed by atoms with Crippen LogP contribution in [0, 0.1) is 0 Å². The van der Waals surface area contributed by atoms with Gasteiger partial charge < -0.3 is 9.73 Å². The Hall–Kier alpha value is -2.10. The first-order valence-electron chi connectivity index (χ1n) is 6.57. The van der Waals surface area contributed by atoms with Crippen LogP contribution in [-0.2, 0) is 12.8 Å². The summed E-state index contributed by atoms with van der Waals surface area (Å²) in [6.45, 7) is 2.02. The molecule has 0 bridgehead atoms. The summed E-state index contributed by atoms with van der Waals surface area (Å²) < 4.78 is 5.42. The number of oxime groups is 1. The molecule has 0 amide bonds. The highest BCUT2D eigenvalue weighted by Gasteiger charge is 2.31. The van der Waals surface area contributed by atoms with Gasteiger partial charge in [-0.05, 0) is 17.9 Å². The van der Waals surface area contributed by atoms with Crippen LogP contribution >= 0.6 is 0 Å². The molecule has 0 saturated heterocycles. The quantitative estimate of drug-likeness (QED) is 0.663. The summed E-state index contributed by atoms with van der Waals surface area (Å²) in [5.74, 6) is 1.13. The zero-order valence-electron chi connectivity index (χ0n) is 10.8. The Morgan fingerprint density at radius 1 is 1.32 bits per heavy atom. The lowest BCUT2D eigenvalue weighted by molar-refractivity contribution is 0.315. The molecule has 4 nitrogen and oxygen atoms in total. The fraction of sp³-hybridized carbons (Fsp3) is 0.333. The summed E-state index contributed by atoms with van der Waals surface area (Å²) in [6.07, 6.45) is 2.32. The molecular weight excluding hydrogens is 240 g/mol. The van der Waals surface area contributed by atoms with Gasteiger partial charge in [-0.15, -0.1) is 0 Å². The van der Waals surface area contributed by atoms with Gasteiger partial charge in [0.05, 0.1) is 17.0 Å². The Bertz CT molecular complexity index is 602. The largest absolute Gasteiger partial charge is 0.411 e. The molecular formula is C15H16N2O2.